The summed E-state index contributed by atoms with van der Waals surface area (Å²) < 4.78 is 5.71. The second kappa shape index (κ2) is 7.38. The maximum Gasteiger partial charge on any atom is 0.356 e. The lowest BCUT2D eigenvalue weighted by atomic mass is 10.0. The lowest BCUT2D eigenvalue weighted by Crippen LogP contribution is -2.15. The fourth-order valence-corrected chi connectivity index (χ4v) is 3.75. The first-order chi connectivity index (χ1) is 11.6. The topological polar surface area (TPSA) is 71.2 Å². The molecule has 6 heteroatoms. The van der Waals surface area contributed by atoms with Crippen molar-refractivity contribution >= 4 is 44.4 Å². The summed E-state index contributed by atoms with van der Waals surface area (Å²) >= 11 is 3.43. The van der Waals surface area contributed by atoms with Crippen LogP contribution in [0.25, 0.3) is 10.9 Å². The van der Waals surface area contributed by atoms with Gasteiger partial charge in [-0.2, -0.15) is 0 Å². The van der Waals surface area contributed by atoms with Crippen molar-refractivity contribution in [3.05, 3.63) is 28.4 Å². The molecule has 2 N–H and O–H groups in total. The molecule has 3 rings (SSSR count). The van der Waals surface area contributed by atoms with Crippen molar-refractivity contribution in [2.75, 3.05) is 12.4 Å². The first-order valence-electron chi connectivity index (χ1n) is 8.28. The van der Waals surface area contributed by atoms with Crippen molar-refractivity contribution in [3.63, 3.8) is 0 Å². The highest BCUT2D eigenvalue weighted by atomic mass is 79.9. The number of ether oxygens (including phenoxy) is 1. The van der Waals surface area contributed by atoms with Gasteiger partial charge in [0.15, 0.2) is 0 Å². The Hall–Kier alpha value is -1.82. The van der Waals surface area contributed by atoms with E-state index in [2.05, 4.69) is 26.2 Å². The predicted octanol–water partition coefficient (Wildman–Crippen LogP) is 4.63. The van der Waals surface area contributed by atoms with Gasteiger partial charge in [-0.3, -0.25) is 4.79 Å². The summed E-state index contributed by atoms with van der Waals surface area (Å²) in [5.74, 6) is 0.106. The largest absolute Gasteiger partial charge is 0.464 e. The summed E-state index contributed by atoms with van der Waals surface area (Å²) in [6, 6.07) is 5.62. The molecule has 1 aliphatic carbocycles. The lowest BCUT2D eigenvalue weighted by Gasteiger charge is -2.10. The van der Waals surface area contributed by atoms with Gasteiger partial charge in [0.1, 0.15) is 5.69 Å². The number of benzene rings is 1. The Morgan fingerprint density at radius 1 is 1.33 bits per heavy atom. The predicted molar refractivity (Wildman–Crippen MR) is 97.2 cm³/mol. The molecule has 1 aliphatic rings. The molecule has 2 aromatic rings. The van der Waals surface area contributed by atoms with Gasteiger partial charge in [0.25, 0.3) is 0 Å². The summed E-state index contributed by atoms with van der Waals surface area (Å²) in [5, 5.41) is 3.70. The van der Waals surface area contributed by atoms with Gasteiger partial charge in [-0.1, -0.05) is 41.6 Å². The molecule has 1 aromatic carbocycles. The van der Waals surface area contributed by atoms with E-state index in [4.69, 9.17) is 4.74 Å². The molecule has 0 atom stereocenters. The van der Waals surface area contributed by atoms with Crippen LogP contribution in [0.5, 0.6) is 0 Å². The normalized spacial score (nSPS) is 14.9. The van der Waals surface area contributed by atoms with Gasteiger partial charge in [0.05, 0.1) is 12.8 Å². The Kier molecular flexibility index (Phi) is 5.23. The number of carbonyl (C=O) groups excluding carboxylic acids is 2. The number of aromatic amines is 1. The van der Waals surface area contributed by atoms with E-state index in [-0.39, 0.29) is 11.6 Å². The van der Waals surface area contributed by atoms with Crippen LogP contribution in [-0.4, -0.2) is 24.0 Å². The van der Waals surface area contributed by atoms with Gasteiger partial charge >= 0.3 is 5.97 Å². The minimum atomic E-state index is -0.492. The fraction of sp³-hybridized carbons (Fsp3) is 0.444. The Bertz CT molecular complexity index is 763. The molecule has 0 spiro atoms. The van der Waals surface area contributed by atoms with Crippen LogP contribution in [-0.2, 0) is 9.53 Å². The van der Waals surface area contributed by atoms with Crippen LogP contribution in [0.15, 0.2) is 22.7 Å². The third-order valence-electron chi connectivity index (χ3n) is 4.67. The Balaban J connectivity index is 1.81. The highest BCUT2D eigenvalue weighted by molar-refractivity contribution is 9.10. The fourth-order valence-electron chi connectivity index (χ4n) is 3.39. The Labute approximate surface area is 149 Å². The number of esters is 1. The molecular weight excluding hydrogens is 372 g/mol. The standard InChI is InChI=1S/C18H21BrN2O3/c1-24-18(23)17-16(13-10-12(19)7-8-14(13)20-17)21-15(22)9-6-11-4-2-3-5-11/h7-8,10-11,20H,2-6,9H2,1H3,(H,21,22). The van der Waals surface area contributed by atoms with Gasteiger partial charge in [0.2, 0.25) is 5.91 Å². The molecule has 0 unspecified atom stereocenters. The van der Waals surface area contributed by atoms with Crippen molar-refractivity contribution < 1.29 is 14.3 Å². The van der Waals surface area contributed by atoms with Crippen LogP contribution in [0.1, 0.15) is 49.0 Å². The summed E-state index contributed by atoms with van der Waals surface area (Å²) in [6.45, 7) is 0. The van der Waals surface area contributed by atoms with Crippen LogP contribution >= 0.6 is 15.9 Å². The summed E-state index contributed by atoms with van der Waals surface area (Å²) in [4.78, 5) is 27.4. The van der Waals surface area contributed by atoms with Crippen molar-refractivity contribution in [2.45, 2.75) is 38.5 Å². The second-order valence-corrected chi connectivity index (χ2v) is 7.21. The van der Waals surface area contributed by atoms with Crippen LogP contribution in [0.2, 0.25) is 0 Å². The zero-order valence-corrected chi connectivity index (χ0v) is 15.2. The smallest absolute Gasteiger partial charge is 0.356 e. The number of methoxy groups -OCH3 is 1. The number of aromatic nitrogens is 1. The third-order valence-corrected chi connectivity index (χ3v) is 5.16. The highest BCUT2D eigenvalue weighted by Gasteiger charge is 2.21. The number of H-pyrrole nitrogens is 1. The number of halogens is 1. The van der Waals surface area contributed by atoms with E-state index in [1.54, 1.807) is 0 Å². The molecule has 1 saturated carbocycles. The molecule has 1 amide bonds. The van der Waals surface area contributed by atoms with Gasteiger partial charge in [-0.25, -0.2) is 4.79 Å². The van der Waals surface area contributed by atoms with Gasteiger partial charge in [-0.05, 0) is 30.5 Å². The number of nitrogens with one attached hydrogen (secondary N) is 2. The van der Waals surface area contributed by atoms with E-state index in [1.807, 2.05) is 18.2 Å². The monoisotopic (exact) mass is 392 g/mol. The summed E-state index contributed by atoms with van der Waals surface area (Å²) in [6.07, 6.45) is 6.38. The SMILES string of the molecule is COC(=O)c1[nH]c2ccc(Br)cc2c1NC(=O)CCC1CCCC1. The van der Waals surface area contributed by atoms with E-state index >= 15 is 0 Å². The zero-order chi connectivity index (χ0) is 17.1. The number of fused-ring (bicyclic) bond motifs is 1. The van der Waals surface area contributed by atoms with Crippen molar-refractivity contribution in [2.24, 2.45) is 5.92 Å². The van der Waals surface area contributed by atoms with E-state index in [1.165, 1.54) is 32.8 Å². The number of anilines is 1. The first kappa shape index (κ1) is 17.0. The van der Waals surface area contributed by atoms with Crippen LogP contribution < -0.4 is 5.32 Å². The second-order valence-electron chi connectivity index (χ2n) is 6.29. The van der Waals surface area contributed by atoms with Crippen molar-refractivity contribution in [1.82, 2.24) is 4.98 Å². The maximum absolute atomic E-state index is 12.4. The molecule has 0 radical (unpaired) electrons. The van der Waals surface area contributed by atoms with Crippen molar-refractivity contribution in [3.8, 4) is 0 Å². The molecule has 0 bridgehead atoms. The quantitative estimate of drug-likeness (QED) is 0.728. The van der Waals surface area contributed by atoms with Gasteiger partial charge in [0, 0.05) is 21.8 Å². The minimum absolute atomic E-state index is 0.0621. The van der Waals surface area contributed by atoms with E-state index in [0.717, 1.165) is 21.8 Å². The molecular formula is C18H21BrN2O3. The Morgan fingerprint density at radius 3 is 2.79 bits per heavy atom. The van der Waals surface area contributed by atoms with Crippen molar-refractivity contribution in [1.29, 1.82) is 0 Å². The Morgan fingerprint density at radius 2 is 2.08 bits per heavy atom. The van der Waals surface area contributed by atoms with Gasteiger partial charge in [-0.15, -0.1) is 0 Å². The lowest BCUT2D eigenvalue weighted by molar-refractivity contribution is -0.116. The molecule has 5 nitrogen and oxygen atoms in total. The van der Waals surface area contributed by atoms with Gasteiger partial charge < -0.3 is 15.0 Å². The molecule has 0 saturated heterocycles. The summed E-state index contributed by atoms with van der Waals surface area (Å²) in [5.41, 5.74) is 1.55. The van der Waals surface area contributed by atoms with E-state index in [9.17, 15) is 9.59 Å². The number of amides is 1. The summed E-state index contributed by atoms with van der Waals surface area (Å²) in [7, 11) is 1.33. The number of rotatable bonds is 5. The molecule has 24 heavy (non-hydrogen) atoms. The third kappa shape index (κ3) is 3.64. The molecule has 0 aliphatic heterocycles. The number of carbonyl (C=O) groups is 2. The van der Waals surface area contributed by atoms with Crippen LogP contribution in [0.3, 0.4) is 0 Å². The molecule has 1 aromatic heterocycles. The maximum atomic E-state index is 12.4. The average Bonchev–Trinajstić information content (AvgIpc) is 3.20. The number of hydrogen-bond donors (Lipinski definition) is 2. The minimum Gasteiger partial charge on any atom is -0.464 e. The van der Waals surface area contributed by atoms with E-state index < -0.39 is 5.97 Å². The zero-order valence-electron chi connectivity index (χ0n) is 13.7. The van der Waals surface area contributed by atoms with Crippen LogP contribution in [0.4, 0.5) is 5.69 Å². The molecule has 1 fully saturated rings. The average molecular weight is 393 g/mol. The van der Waals surface area contributed by atoms with E-state index in [0.29, 0.717) is 18.0 Å². The molecule has 1 heterocycles. The highest BCUT2D eigenvalue weighted by Crippen LogP contribution is 2.32. The number of hydrogen-bond acceptors (Lipinski definition) is 3. The molecule has 128 valence electrons. The van der Waals surface area contributed by atoms with Crippen LogP contribution in [0, 0.1) is 5.92 Å². The first-order valence-corrected chi connectivity index (χ1v) is 9.07.